The standard InChI is InChI=1S/C12H19N3/c1-10-9-15(8-7-13-10)11(2)12-5-3-4-6-14-12/h3-6,10-11,13H,7-9H2,1-2H3/t10-,11+/m1/s1. The zero-order valence-electron chi connectivity index (χ0n) is 9.48. The number of hydrogen-bond acceptors (Lipinski definition) is 3. The highest BCUT2D eigenvalue weighted by molar-refractivity contribution is 5.08. The van der Waals surface area contributed by atoms with Gasteiger partial charge in [-0.05, 0) is 26.0 Å². The molecule has 2 heterocycles. The van der Waals surface area contributed by atoms with Gasteiger partial charge in [0.15, 0.2) is 0 Å². The van der Waals surface area contributed by atoms with Crippen LogP contribution >= 0.6 is 0 Å². The zero-order chi connectivity index (χ0) is 10.7. The summed E-state index contributed by atoms with van der Waals surface area (Å²) < 4.78 is 0. The van der Waals surface area contributed by atoms with E-state index in [2.05, 4.69) is 41.2 Å². The van der Waals surface area contributed by atoms with Crippen molar-refractivity contribution in [3.05, 3.63) is 30.1 Å². The summed E-state index contributed by atoms with van der Waals surface area (Å²) in [5, 5.41) is 3.46. The van der Waals surface area contributed by atoms with Crippen LogP contribution in [0.2, 0.25) is 0 Å². The maximum atomic E-state index is 4.42. The number of rotatable bonds is 2. The molecule has 0 aromatic carbocycles. The van der Waals surface area contributed by atoms with Crippen molar-refractivity contribution in [3.63, 3.8) is 0 Å². The molecule has 15 heavy (non-hydrogen) atoms. The third kappa shape index (κ3) is 2.55. The van der Waals surface area contributed by atoms with Crippen molar-refractivity contribution < 1.29 is 0 Å². The molecule has 3 heteroatoms. The van der Waals surface area contributed by atoms with E-state index in [0.29, 0.717) is 12.1 Å². The number of piperazine rings is 1. The molecule has 1 aliphatic rings. The van der Waals surface area contributed by atoms with E-state index in [1.807, 2.05) is 12.3 Å². The normalized spacial score (nSPS) is 25.1. The molecule has 0 spiro atoms. The predicted octanol–water partition coefficient (Wildman–Crippen LogP) is 1.44. The molecule has 2 atom stereocenters. The Bertz CT molecular complexity index is 299. The van der Waals surface area contributed by atoms with Gasteiger partial charge in [-0.3, -0.25) is 9.88 Å². The van der Waals surface area contributed by atoms with Gasteiger partial charge in [0.05, 0.1) is 5.69 Å². The smallest absolute Gasteiger partial charge is 0.0572 e. The Morgan fingerprint density at radius 2 is 2.40 bits per heavy atom. The Morgan fingerprint density at radius 3 is 3.07 bits per heavy atom. The van der Waals surface area contributed by atoms with Crippen molar-refractivity contribution in [1.82, 2.24) is 15.2 Å². The number of nitrogens with one attached hydrogen (secondary N) is 1. The lowest BCUT2D eigenvalue weighted by Crippen LogP contribution is -2.49. The zero-order valence-corrected chi connectivity index (χ0v) is 9.48. The van der Waals surface area contributed by atoms with Crippen LogP contribution in [0.3, 0.4) is 0 Å². The van der Waals surface area contributed by atoms with E-state index >= 15 is 0 Å². The first-order chi connectivity index (χ1) is 7.27. The lowest BCUT2D eigenvalue weighted by atomic mass is 10.1. The Labute approximate surface area is 91.5 Å². The van der Waals surface area contributed by atoms with Crippen LogP contribution in [-0.2, 0) is 0 Å². The van der Waals surface area contributed by atoms with Crippen LogP contribution in [0.4, 0.5) is 0 Å². The fourth-order valence-electron chi connectivity index (χ4n) is 2.12. The first-order valence-electron chi connectivity index (χ1n) is 5.65. The summed E-state index contributed by atoms with van der Waals surface area (Å²) >= 11 is 0. The quantitative estimate of drug-likeness (QED) is 0.792. The average Bonchev–Trinajstić information content (AvgIpc) is 2.29. The molecule has 1 fully saturated rings. The summed E-state index contributed by atoms with van der Waals surface area (Å²) in [5.74, 6) is 0. The summed E-state index contributed by atoms with van der Waals surface area (Å²) in [4.78, 5) is 6.91. The molecule has 0 saturated carbocycles. The van der Waals surface area contributed by atoms with E-state index in [0.717, 1.165) is 19.6 Å². The van der Waals surface area contributed by atoms with Gasteiger partial charge in [-0.15, -0.1) is 0 Å². The Hall–Kier alpha value is -0.930. The molecular weight excluding hydrogens is 186 g/mol. The van der Waals surface area contributed by atoms with Gasteiger partial charge in [-0.2, -0.15) is 0 Å². The second kappa shape index (κ2) is 4.73. The van der Waals surface area contributed by atoms with Gasteiger partial charge in [0.1, 0.15) is 0 Å². The molecule has 0 unspecified atom stereocenters. The molecule has 1 aliphatic heterocycles. The number of aromatic nitrogens is 1. The third-order valence-corrected chi connectivity index (χ3v) is 3.06. The Kier molecular flexibility index (Phi) is 3.34. The van der Waals surface area contributed by atoms with Crippen LogP contribution in [0.25, 0.3) is 0 Å². The predicted molar refractivity (Wildman–Crippen MR) is 61.7 cm³/mol. The molecule has 82 valence electrons. The number of hydrogen-bond donors (Lipinski definition) is 1. The summed E-state index contributed by atoms with van der Waals surface area (Å²) in [7, 11) is 0. The van der Waals surface area contributed by atoms with Gasteiger partial charge < -0.3 is 5.32 Å². The lowest BCUT2D eigenvalue weighted by Gasteiger charge is -2.35. The molecule has 2 rings (SSSR count). The van der Waals surface area contributed by atoms with Gasteiger partial charge in [-0.1, -0.05) is 6.07 Å². The largest absolute Gasteiger partial charge is 0.312 e. The van der Waals surface area contributed by atoms with E-state index in [1.165, 1.54) is 5.69 Å². The SMILES string of the molecule is C[C@@H]1CN([C@@H](C)c2ccccn2)CCN1. The minimum Gasteiger partial charge on any atom is -0.312 e. The second-order valence-electron chi connectivity index (χ2n) is 4.28. The van der Waals surface area contributed by atoms with E-state index in [4.69, 9.17) is 0 Å². The Balaban J connectivity index is 2.04. The van der Waals surface area contributed by atoms with Gasteiger partial charge >= 0.3 is 0 Å². The fourth-order valence-corrected chi connectivity index (χ4v) is 2.12. The summed E-state index contributed by atoms with van der Waals surface area (Å²) in [6.45, 7) is 7.77. The van der Waals surface area contributed by atoms with Gasteiger partial charge in [0, 0.05) is 37.9 Å². The van der Waals surface area contributed by atoms with Gasteiger partial charge in [0.2, 0.25) is 0 Å². The highest BCUT2D eigenvalue weighted by atomic mass is 15.2. The minimum absolute atomic E-state index is 0.427. The molecule has 0 radical (unpaired) electrons. The van der Waals surface area contributed by atoms with Gasteiger partial charge in [0.25, 0.3) is 0 Å². The summed E-state index contributed by atoms with van der Waals surface area (Å²) in [6.07, 6.45) is 1.87. The van der Waals surface area contributed by atoms with Crippen LogP contribution in [0.15, 0.2) is 24.4 Å². The van der Waals surface area contributed by atoms with Crippen LogP contribution < -0.4 is 5.32 Å². The third-order valence-electron chi connectivity index (χ3n) is 3.06. The molecular formula is C12H19N3. The minimum atomic E-state index is 0.427. The van der Waals surface area contributed by atoms with E-state index < -0.39 is 0 Å². The molecule has 1 aromatic rings. The highest BCUT2D eigenvalue weighted by Crippen LogP contribution is 2.18. The van der Waals surface area contributed by atoms with Crippen molar-refractivity contribution in [1.29, 1.82) is 0 Å². The number of nitrogens with zero attached hydrogens (tertiary/aromatic N) is 2. The molecule has 1 aromatic heterocycles. The molecule has 0 bridgehead atoms. The van der Waals surface area contributed by atoms with Crippen molar-refractivity contribution in [2.45, 2.75) is 25.9 Å². The monoisotopic (exact) mass is 205 g/mol. The summed E-state index contributed by atoms with van der Waals surface area (Å²) in [5.41, 5.74) is 1.17. The van der Waals surface area contributed by atoms with Crippen LogP contribution in [0, 0.1) is 0 Å². The first kappa shape index (κ1) is 10.6. The Morgan fingerprint density at radius 1 is 1.53 bits per heavy atom. The molecule has 1 saturated heterocycles. The van der Waals surface area contributed by atoms with Crippen LogP contribution in [0.1, 0.15) is 25.6 Å². The lowest BCUT2D eigenvalue weighted by molar-refractivity contribution is 0.156. The van der Waals surface area contributed by atoms with Crippen molar-refractivity contribution >= 4 is 0 Å². The van der Waals surface area contributed by atoms with E-state index in [1.54, 1.807) is 0 Å². The molecule has 3 nitrogen and oxygen atoms in total. The first-order valence-corrected chi connectivity index (χ1v) is 5.65. The van der Waals surface area contributed by atoms with E-state index in [9.17, 15) is 0 Å². The van der Waals surface area contributed by atoms with Crippen molar-refractivity contribution in [2.75, 3.05) is 19.6 Å². The number of pyridine rings is 1. The maximum absolute atomic E-state index is 4.42. The average molecular weight is 205 g/mol. The molecule has 0 amide bonds. The topological polar surface area (TPSA) is 28.2 Å². The van der Waals surface area contributed by atoms with Crippen molar-refractivity contribution in [2.24, 2.45) is 0 Å². The highest BCUT2D eigenvalue weighted by Gasteiger charge is 2.21. The second-order valence-corrected chi connectivity index (χ2v) is 4.28. The van der Waals surface area contributed by atoms with Crippen LogP contribution in [-0.4, -0.2) is 35.6 Å². The van der Waals surface area contributed by atoms with Crippen LogP contribution in [0.5, 0.6) is 0 Å². The fraction of sp³-hybridized carbons (Fsp3) is 0.583. The van der Waals surface area contributed by atoms with Gasteiger partial charge in [-0.25, -0.2) is 0 Å². The van der Waals surface area contributed by atoms with E-state index in [-0.39, 0.29) is 0 Å². The van der Waals surface area contributed by atoms with Crippen molar-refractivity contribution in [3.8, 4) is 0 Å². The maximum Gasteiger partial charge on any atom is 0.0572 e. The molecule has 0 aliphatic carbocycles. The molecule has 1 N–H and O–H groups in total. The summed E-state index contributed by atoms with van der Waals surface area (Å²) in [6, 6.07) is 7.15.